The number of furan rings is 1. The van der Waals surface area contributed by atoms with Crippen LogP contribution >= 0.6 is 0 Å². The van der Waals surface area contributed by atoms with Crippen molar-refractivity contribution in [3.63, 3.8) is 0 Å². The van der Waals surface area contributed by atoms with Gasteiger partial charge in [-0.1, -0.05) is 0 Å². The number of nitrogens with one attached hydrogen (secondary N) is 2. The minimum absolute atomic E-state index is 0.129. The van der Waals surface area contributed by atoms with Crippen LogP contribution in [0.3, 0.4) is 0 Å². The molecular weight excluding hydrogens is 328 g/mol. The van der Waals surface area contributed by atoms with E-state index in [4.69, 9.17) is 4.42 Å². The van der Waals surface area contributed by atoms with Gasteiger partial charge in [-0.2, -0.15) is 5.10 Å². The van der Waals surface area contributed by atoms with Crippen molar-refractivity contribution in [2.75, 3.05) is 4.72 Å². The Morgan fingerprint density at radius 3 is 2.65 bits per heavy atom. The molecule has 3 aromatic rings. The normalized spacial score (nSPS) is 11.6. The lowest BCUT2D eigenvalue weighted by Crippen LogP contribution is -2.14. The van der Waals surface area contributed by atoms with Crippen molar-refractivity contribution in [1.29, 1.82) is 0 Å². The number of halogens is 2. The molecule has 1 aromatic carbocycles. The van der Waals surface area contributed by atoms with E-state index in [1.807, 2.05) is 0 Å². The second-order valence-electron chi connectivity index (χ2n) is 4.73. The van der Waals surface area contributed by atoms with Gasteiger partial charge in [0, 0.05) is 18.3 Å². The van der Waals surface area contributed by atoms with Crippen LogP contribution < -0.4 is 4.72 Å². The quantitative estimate of drug-likeness (QED) is 0.765. The first-order chi connectivity index (χ1) is 10.9. The van der Waals surface area contributed by atoms with Crippen molar-refractivity contribution < 1.29 is 21.6 Å². The number of nitrogens with zero attached hydrogens (tertiary/aromatic N) is 1. The summed E-state index contributed by atoms with van der Waals surface area (Å²) < 4.78 is 58.7. The Bertz CT molecular complexity index is 950. The summed E-state index contributed by atoms with van der Waals surface area (Å²) in [6.45, 7) is 1.47. The van der Waals surface area contributed by atoms with E-state index in [-0.39, 0.29) is 22.1 Å². The zero-order chi connectivity index (χ0) is 16.6. The van der Waals surface area contributed by atoms with E-state index in [2.05, 4.69) is 14.9 Å². The molecule has 6 nitrogen and oxygen atoms in total. The smallest absolute Gasteiger partial charge is 0.265 e. The first-order valence-electron chi connectivity index (χ1n) is 6.45. The number of hydrogen-bond donors (Lipinski definition) is 2. The van der Waals surface area contributed by atoms with E-state index < -0.39 is 21.7 Å². The van der Waals surface area contributed by atoms with Crippen LogP contribution in [0.15, 0.2) is 45.8 Å². The lowest BCUT2D eigenvalue weighted by Gasteiger charge is -2.07. The molecule has 0 aliphatic rings. The number of aromatic nitrogens is 2. The van der Waals surface area contributed by atoms with Crippen LogP contribution in [0.4, 0.5) is 14.5 Å². The minimum atomic E-state index is -4.09. The van der Waals surface area contributed by atoms with Gasteiger partial charge >= 0.3 is 0 Å². The lowest BCUT2D eigenvalue weighted by molar-refractivity contribution is 0.533. The van der Waals surface area contributed by atoms with Crippen molar-refractivity contribution in [3.05, 3.63) is 53.9 Å². The summed E-state index contributed by atoms with van der Waals surface area (Å²) in [5.41, 5.74) is 0.151. The van der Waals surface area contributed by atoms with Gasteiger partial charge < -0.3 is 4.42 Å². The van der Waals surface area contributed by atoms with Gasteiger partial charge in [0.25, 0.3) is 10.0 Å². The summed E-state index contributed by atoms with van der Waals surface area (Å²) in [5.74, 6) is -1.40. The molecule has 0 amide bonds. The van der Waals surface area contributed by atoms with Gasteiger partial charge in [-0.15, -0.1) is 0 Å². The van der Waals surface area contributed by atoms with Crippen molar-refractivity contribution >= 4 is 15.7 Å². The molecule has 2 heterocycles. The topological polar surface area (TPSA) is 88.0 Å². The summed E-state index contributed by atoms with van der Waals surface area (Å²) in [6.07, 6.45) is 1.49. The zero-order valence-corrected chi connectivity index (χ0v) is 12.6. The van der Waals surface area contributed by atoms with Crippen LogP contribution in [0.1, 0.15) is 5.76 Å². The van der Waals surface area contributed by atoms with Crippen molar-refractivity contribution in [3.8, 4) is 11.5 Å². The van der Waals surface area contributed by atoms with Crippen LogP contribution in [0, 0.1) is 18.6 Å². The fraction of sp³-hybridized carbons (Fsp3) is 0.0714. The molecule has 0 unspecified atom stereocenters. The third kappa shape index (κ3) is 2.95. The van der Waals surface area contributed by atoms with Gasteiger partial charge in [0.05, 0.1) is 5.69 Å². The van der Waals surface area contributed by atoms with Gasteiger partial charge in [0.1, 0.15) is 28.0 Å². The Morgan fingerprint density at radius 2 is 2.00 bits per heavy atom. The summed E-state index contributed by atoms with van der Waals surface area (Å²) in [5, 5.41) is 6.40. The van der Waals surface area contributed by atoms with Gasteiger partial charge in [-0.05, 0) is 25.1 Å². The maximum Gasteiger partial charge on any atom is 0.265 e. The Balaban J connectivity index is 1.97. The van der Waals surface area contributed by atoms with E-state index >= 15 is 0 Å². The number of aromatic amines is 1. The molecule has 2 N–H and O–H groups in total. The molecule has 0 fully saturated rings. The summed E-state index contributed by atoms with van der Waals surface area (Å²) in [6, 6.07) is 5.47. The van der Waals surface area contributed by atoms with Crippen LogP contribution in [0.25, 0.3) is 11.5 Å². The highest BCUT2D eigenvalue weighted by Crippen LogP contribution is 2.28. The second-order valence-corrected chi connectivity index (χ2v) is 6.38. The maximum atomic E-state index is 13.6. The molecule has 0 saturated carbocycles. The fourth-order valence-corrected chi connectivity index (χ4v) is 3.28. The summed E-state index contributed by atoms with van der Waals surface area (Å²) >= 11 is 0. The highest BCUT2D eigenvalue weighted by atomic mass is 32.2. The van der Waals surface area contributed by atoms with E-state index in [1.165, 1.54) is 19.2 Å². The van der Waals surface area contributed by atoms with Gasteiger partial charge in [-0.25, -0.2) is 17.2 Å². The highest BCUT2D eigenvalue weighted by Gasteiger charge is 2.23. The number of anilines is 1. The molecule has 120 valence electrons. The predicted molar refractivity (Wildman–Crippen MR) is 78.2 cm³/mol. The average molecular weight is 339 g/mol. The molecular formula is C14H11F2N3O3S. The number of aryl methyl sites for hydroxylation is 1. The number of rotatable bonds is 4. The molecule has 0 atom stereocenters. The Morgan fingerprint density at radius 1 is 1.22 bits per heavy atom. The monoisotopic (exact) mass is 339 g/mol. The number of benzene rings is 1. The summed E-state index contributed by atoms with van der Waals surface area (Å²) in [7, 11) is -4.09. The number of hydrogen-bond acceptors (Lipinski definition) is 4. The molecule has 0 radical (unpaired) electrons. The van der Waals surface area contributed by atoms with Crippen LogP contribution in [-0.4, -0.2) is 18.6 Å². The van der Waals surface area contributed by atoms with Gasteiger partial charge in [0.2, 0.25) is 0 Å². The SMILES string of the molecule is Cc1oc(-c2ccn[nH]2)cc1S(=O)(=O)Nc1ccc(F)cc1F. The molecule has 0 saturated heterocycles. The third-order valence-electron chi connectivity index (χ3n) is 3.10. The van der Waals surface area contributed by atoms with E-state index in [9.17, 15) is 17.2 Å². The Hall–Kier alpha value is -2.68. The van der Waals surface area contributed by atoms with E-state index in [0.717, 1.165) is 12.1 Å². The molecule has 0 aliphatic carbocycles. The fourth-order valence-electron chi connectivity index (χ4n) is 2.03. The van der Waals surface area contributed by atoms with Crippen molar-refractivity contribution in [1.82, 2.24) is 10.2 Å². The van der Waals surface area contributed by atoms with Crippen molar-refractivity contribution in [2.45, 2.75) is 11.8 Å². The zero-order valence-electron chi connectivity index (χ0n) is 11.8. The van der Waals surface area contributed by atoms with E-state index in [1.54, 1.807) is 6.07 Å². The number of H-pyrrole nitrogens is 1. The largest absolute Gasteiger partial charge is 0.458 e. The van der Waals surface area contributed by atoms with Gasteiger partial charge in [-0.3, -0.25) is 9.82 Å². The molecule has 0 bridgehead atoms. The molecule has 2 aromatic heterocycles. The Kier molecular flexibility index (Phi) is 3.64. The molecule has 0 aliphatic heterocycles. The third-order valence-corrected chi connectivity index (χ3v) is 4.58. The molecule has 23 heavy (non-hydrogen) atoms. The lowest BCUT2D eigenvalue weighted by atomic mass is 10.3. The standard InChI is InChI=1S/C14H11F2N3O3S/c1-8-14(7-13(22-8)12-4-5-17-18-12)23(20,21)19-11-3-2-9(15)6-10(11)16/h2-7,19H,1H3,(H,17,18). The minimum Gasteiger partial charge on any atom is -0.458 e. The van der Waals surface area contributed by atoms with E-state index in [0.29, 0.717) is 11.8 Å². The first-order valence-corrected chi connectivity index (χ1v) is 7.93. The Labute approximate surface area is 130 Å². The maximum absolute atomic E-state index is 13.6. The van der Waals surface area contributed by atoms with Gasteiger partial charge in [0.15, 0.2) is 5.76 Å². The second kappa shape index (κ2) is 5.51. The van der Waals surface area contributed by atoms with Crippen LogP contribution in [-0.2, 0) is 10.0 Å². The predicted octanol–water partition coefficient (Wildman–Crippen LogP) is 3.06. The summed E-state index contributed by atoms with van der Waals surface area (Å²) in [4.78, 5) is -0.147. The van der Waals surface area contributed by atoms with Crippen LogP contribution in [0.2, 0.25) is 0 Å². The number of sulfonamides is 1. The average Bonchev–Trinajstić information content (AvgIpc) is 3.11. The first kappa shape index (κ1) is 15.2. The van der Waals surface area contributed by atoms with Crippen LogP contribution in [0.5, 0.6) is 0 Å². The molecule has 3 rings (SSSR count). The van der Waals surface area contributed by atoms with Crippen molar-refractivity contribution in [2.24, 2.45) is 0 Å². The molecule has 0 spiro atoms. The highest BCUT2D eigenvalue weighted by molar-refractivity contribution is 7.92. The molecule has 9 heteroatoms.